The van der Waals surface area contributed by atoms with Gasteiger partial charge in [-0.15, -0.1) is 0 Å². The van der Waals surface area contributed by atoms with Crippen molar-refractivity contribution in [2.75, 3.05) is 20.3 Å². The third-order valence-electron chi connectivity index (χ3n) is 3.92. The minimum atomic E-state index is 0.642. The van der Waals surface area contributed by atoms with E-state index in [1.807, 2.05) is 0 Å². The maximum Gasteiger partial charge on any atom is 0.0462 e. The molecule has 0 fully saturated rings. The molecule has 0 radical (unpaired) electrons. The lowest BCUT2D eigenvalue weighted by Gasteiger charge is -2.33. The van der Waals surface area contributed by atoms with Crippen LogP contribution in [0.25, 0.3) is 0 Å². The SMILES string of the molecule is CCNC(CCCOC)CC1Cc2ccccc21. The van der Waals surface area contributed by atoms with Gasteiger partial charge >= 0.3 is 0 Å². The maximum atomic E-state index is 5.14. The molecular formula is C16H25NO. The molecule has 1 aromatic rings. The fraction of sp³-hybridized carbons (Fsp3) is 0.625. The summed E-state index contributed by atoms with van der Waals surface area (Å²) < 4.78 is 5.14. The van der Waals surface area contributed by atoms with Crippen molar-refractivity contribution in [2.24, 2.45) is 0 Å². The Morgan fingerprint density at radius 1 is 1.39 bits per heavy atom. The second-order valence-corrected chi connectivity index (χ2v) is 5.23. The molecule has 1 aromatic carbocycles. The molecule has 0 saturated carbocycles. The Morgan fingerprint density at radius 2 is 2.22 bits per heavy atom. The standard InChI is InChI=1S/C16H25NO/c1-3-17-15(8-6-10-18-2)12-14-11-13-7-4-5-9-16(13)14/h4-5,7,9,14-15,17H,3,6,8,10-12H2,1-2H3. The van der Waals surface area contributed by atoms with Crippen LogP contribution in [-0.4, -0.2) is 26.3 Å². The lowest BCUT2D eigenvalue weighted by molar-refractivity contribution is 0.187. The Labute approximate surface area is 111 Å². The van der Waals surface area contributed by atoms with Gasteiger partial charge in [0.1, 0.15) is 0 Å². The normalized spacial score (nSPS) is 19.1. The molecule has 1 aliphatic carbocycles. The molecule has 18 heavy (non-hydrogen) atoms. The summed E-state index contributed by atoms with van der Waals surface area (Å²) in [6.45, 7) is 4.13. The van der Waals surface area contributed by atoms with Crippen molar-refractivity contribution in [3.05, 3.63) is 35.4 Å². The van der Waals surface area contributed by atoms with Crippen molar-refractivity contribution in [1.29, 1.82) is 0 Å². The molecule has 100 valence electrons. The number of hydrogen-bond donors (Lipinski definition) is 1. The van der Waals surface area contributed by atoms with Gasteiger partial charge in [0.25, 0.3) is 0 Å². The van der Waals surface area contributed by atoms with E-state index in [4.69, 9.17) is 4.74 Å². The lowest BCUT2D eigenvalue weighted by Crippen LogP contribution is -2.33. The summed E-state index contributed by atoms with van der Waals surface area (Å²) in [7, 11) is 1.78. The van der Waals surface area contributed by atoms with E-state index in [1.54, 1.807) is 18.2 Å². The van der Waals surface area contributed by atoms with Crippen molar-refractivity contribution in [2.45, 2.75) is 44.6 Å². The lowest BCUT2D eigenvalue weighted by atomic mass is 9.74. The minimum Gasteiger partial charge on any atom is -0.385 e. The van der Waals surface area contributed by atoms with Crippen LogP contribution < -0.4 is 5.32 Å². The number of rotatable bonds is 8. The molecule has 0 aliphatic heterocycles. The van der Waals surface area contributed by atoms with Gasteiger partial charge in [-0.25, -0.2) is 0 Å². The number of nitrogens with one attached hydrogen (secondary N) is 1. The highest BCUT2D eigenvalue weighted by Gasteiger charge is 2.27. The van der Waals surface area contributed by atoms with E-state index in [-0.39, 0.29) is 0 Å². The summed E-state index contributed by atoms with van der Waals surface area (Å²) in [6.07, 6.45) is 4.92. The molecule has 2 unspecified atom stereocenters. The highest BCUT2D eigenvalue weighted by Crippen LogP contribution is 2.38. The van der Waals surface area contributed by atoms with Crippen molar-refractivity contribution >= 4 is 0 Å². The molecule has 0 bridgehead atoms. The molecule has 1 aliphatic rings. The van der Waals surface area contributed by atoms with Crippen LogP contribution in [0, 0.1) is 0 Å². The molecule has 0 spiro atoms. The topological polar surface area (TPSA) is 21.3 Å². The van der Waals surface area contributed by atoms with Crippen molar-refractivity contribution in [1.82, 2.24) is 5.32 Å². The molecule has 1 N–H and O–H groups in total. The quantitative estimate of drug-likeness (QED) is 0.713. The molecule has 0 aromatic heterocycles. The Hall–Kier alpha value is -0.860. The van der Waals surface area contributed by atoms with Crippen LogP contribution in [0.2, 0.25) is 0 Å². The summed E-state index contributed by atoms with van der Waals surface area (Å²) in [4.78, 5) is 0. The van der Waals surface area contributed by atoms with Crippen molar-refractivity contribution in [3.63, 3.8) is 0 Å². The van der Waals surface area contributed by atoms with Gasteiger partial charge in [-0.2, -0.15) is 0 Å². The first-order valence-electron chi connectivity index (χ1n) is 7.15. The zero-order valence-corrected chi connectivity index (χ0v) is 11.6. The smallest absolute Gasteiger partial charge is 0.0462 e. The van der Waals surface area contributed by atoms with Gasteiger partial charge in [0.05, 0.1) is 0 Å². The molecule has 0 amide bonds. The molecule has 2 rings (SSSR count). The third kappa shape index (κ3) is 3.33. The van der Waals surface area contributed by atoms with Crippen LogP contribution >= 0.6 is 0 Å². The first-order chi connectivity index (χ1) is 8.85. The van der Waals surface area contributed by atoms with Crippen molar-refractivity contribution in [3.8, 4) is 0 Å². The molecule has 2 atom stereocenters. The third-order valence-corrected chi connectivity index (χ3v) is 3.92. The molecule has 0 heterocycles. The number of fused-ring (bicyclic) bond motifs is 1. The Morgan fingerprint density at radius 3 is 2.94 bits per heavy atom. The Kier molecular flexibility index (Phi) is 5.21. The Balaban J connectivity index is 1.83. The van der Waals surface area contributed by atoms with E-state index >= 15 is 0 Å². The predicted octanol–water partition coefficient (Wildman–Crippen LogP) is 3.12. The van der Waals surface area contributed by atoms with E-state index in [2.05, 4.69) is 36.5 Å². The second kappa shape index (κ2) is 6.91. The fourth-order valence-electron chi connectivity index (χ4n) is 2.98. The highest BCUT2D eigenvalue weighted by atomic mass is 16.5. The summed E-state index contributed by atoms with van der Waals surface area (Å²) in [6, 6.07) is 9.51. The average Bonchev–Trinajstić information content (AvgIpc) is 2.36. The molecule has 2 nitrogen and oxygen atoms in total. The van der Waals surface area contributed by atoms with Gasteiger partial charge in [0, 0.05) is 19.8 Å². The van der Waals surface area contributed by atoms with E-state index < -0.39 is 0 Å². The largest absolute Gasteiger partial charge is 0.385 e. The van der Waals surface area contributed by atoms with Gasteiger partial charge in [-0.3, -0.25) is 0 Å². The summed E-state index contributed by atoms with van der Waals surface area (Å²) in [5.41, 5.74) is 3.13. The van der Waals surface area contributed by atoms with Crippen LogP contribution in [0.4, 0.5) is 0 Å². The van der Waals surface area contributed by atoms with Crippen LogP contribution in [0.3, 0.4) is 0 Å². The predicted molar refractivity (Wildman–Crippen MR) is 76.1 cm³/mol. The monoisotopic (exact) mass is 247 g/mol. The van der Waals surface area contributed by atoms with Gasteiger partial charge in [-0.05, 0) is 49.3 Å². The number of hydrogen-bond acceptors (Lipinski definition) is 2. The molecule has 2 heteroatoms. The van der Waals surface area contributed by atoms with E-state index in [9.17, 15) is 0 Å². The summed E-state index contributed by atoms with van der Waals surface area (Å²) in [5.74, 6) is 0.771. The number of ether oxygens (including phenoxy) is 1. The van der Waals surface area contributed by atoms with Crippen molar-refractivity contribution < 1.29 is 4.74 Å². The average molecular weight is 247 g/mol. The fourth-order valence-corrected chi connectivity index (χ4v) is 2.98. The van der Waals surface area contributed by atoms with Crippen LogP contribution in [0.5, 0.6) is 0 Å². The van der Waals surface area contributed by atoms with Gasteiger partial charge in [-0.1, -0.05) is 31.2 Å². The highest BCUT2D eigenvalue weighted by molar-refractivity contribution is 5.39. The van der Waals surface area contributed by atoms with Gasteiger partial charge in [0.15, 0.2) is 0 Å². The zero-order chi connectivity index (χ0) is 12.8. The molecule has 0 saturated heterocycles. The van der Waals surface area contributed by atoms with E-state index in [1.165, 1.54) is 19.3 Å². The zero-order valence-electron chi connectivity index (χ0n) is 11.6. The summed E-state index contributed by atoms with van der Waals surface area (Å²) in [5, 5.41) is 3.62. The van der Waals surface area contributed by atoms with Crippen LogP contribution in [0.15, 0.2) is 24.3 Å². The maximum absolute atomic E-state index is 5.14. The first-order valence-corrected chi connectivity index (χ1v) is 7.15. The minimum absolute atomic E-state index is 0.642. The Bertz CT molecular complexity index is 364. The van der Waals surface area contributed by atoms with Gasteiger partial charge < -0.3 is 10.1 Å². The van der Waals surface area contributed by atoms with Gasteiger partial charge in [0.2, 0.25) is 0 Å². The van der Waals surface area contributed by atoms with Crippen LogP contribution in [-0.2, 0) is 11.2 Å². The second-order valence-electron chi connectivity index (χ2n) is 5.23. The van der Waals surface area contributed by atoms with E-state index in [0.717, 1.165) is 25.5 Å². The summed E-state index contributed by atoms with van der Waals surface area (Å²) >= 11 is 0. The number of methoxy groups -OCH3 is 1. The molecular weight excluding hydrogens is 222 g/mol. The first kappa shape index (κ1) is 13.6. The van der Waals surface area contributed by atoms with E-state index in [0.29, 0.717) is 6.04 Å². The van der Waals surface area contributed by atoms with Crippen LogP contribution in [0.1, 0.15) is 43.2 Å². The number of benzene rings is 1.